The first kappa shape index (κ1) is 11.4. The van der Waals surface area contributed by atoms with E-state index in [-0.39, 0.29) is 11.5 Å². The molecule has 3 aliphatic rings. The van der Waals surface area contributed by atoms with Gasteiger partial charge in [-0.3, -0.25) is 14.6 Å². The number of carboxylic acids is 1. The van der Waals surface area contributed by atoms with Gasteiger partial charge in [-0.05, 0) is 113 Å². The Labute approximate surface area is 347 Å². The van der Waals surface area contributed by atoms with Crippen LogP contribution in [0.3, 0.4) is 0 Å². The standard InChI is InChI=1S/C25H32N6O2.C13H17NO3/c1-18-16-26-23-22(18)24(28-17-27-23)31-11-7-20(8-12-31)29-25(32)19-5-4-6-21(15-19)33-14-13-30-9-2-3-10-30;15-13(16)11-4-3-5-12(10-11)17-9-8-14-6-1-2-7-14/h4-6,15-17,20H,2-3,7-14H2,1H3,(H,29,32)(H,26,27,28);3-5,10H,1-2,6-9H2,(H,15,16)/i1D3,2D2,3D2,4D,5D,6D,7D2,8D2,9D2,10D2,11D2,12D2,13D2,14D2,15D,16D,17D,20D;3D,4D,5D,9D,10D/hD3. The highest BCUT2D eigenvalue weighted by atomic mass is 16.5. The van der Waals surface area contributed by atoms with Crippen molar-refractivity contribution in [1.29, 1.82) is 1.43 Å². The van der Waals surface area contributed by atoms with Gasteiger partial charge in [0.25, 0.3) is 7.34 Å². The molecule has 3 aliphatic heterocycles. The molecule has 0 bridgehead atoms. The molecule has 12 nitrogen and oxygen atoms in total. The lowest BCUT2D eigenvalue weighted by Crippen LogP contribution is -2.45. The minimum Gasteiger partial charge on any atom is -0.492 e. The number of piperidine rings is 1. The summed E-state index contributed by atoms with van der Waals surface area (Å²) in [6, 6.07) is -13.6. The number of aromatic carboxylic acids is 1. The fraction of sp³-hybridized carbons (Fsp3) is 0.474. The summed E-state index contributed by atoms with van der Waals surface area (Å²) in [6.45, 7) is -28.2. The normalized spacial score (nSPS) is 38.1. The van der Waals surface area contributed by atoms with E-state index in [0.29, 0.717) is 0 Å². The Hall–Kier alpha value is -4.68. The van der Waals surface area contributed by atoms with Gasteiger partial charge >= 0.3 is 5.97 Å². The molecule has 0 spiro atoms. The fourth-order valence-electron chi connectivity index (χ4n) is 4.09. The minimum absolute atomic E-state index is 0.0103. The zero-order valence-electron chi connectivity index (χ0n) is 63.3. The zero-order valence-corrected chi connectivity index (χ0v) is 25.3. The summed E-state index contributed by atoms with van der Waals surface area (Å²) < 4.78 is 324. The van der Waals surface area contributed by atoms with E-state index in [2.05, 4.69) is 15.1 Å². The number of carbonyl (C=O) groups is 2. The topological polar surface area (TPSA) is 136 Å². The number of rotatable bonds is 12. The molecular weight excluding hydrogens is 634 g/mol. The number of fused-ring (bicyclic) bond motifs is 1. The fourth-order valence-corrected chi connectivity index (χ4v) is 4.09. The van der Waals surface area contributed by atoms with Gasteiger partial charge < -0.3 is 29.8 Å². The van der Waals surface area contributed by atoms with Crippen LogP contribution in [0.15, 0.2) is 60.8 Å². The molecule has 3 fully saturated rings. The second-order valence-electron chi connectivity index (χ2n) is 9.63. The Balaban J connectivity index is 0.000000448. The second kappa shape index (κ2) is 17.3. The van der Waals surface area contributed by atoms with Crippen molar-refractivity contribution in [3.63, 3.8) is 0 Å². The Morgan fingerprint density at radius 2 is 1.84 bits per heavy atom. The van der Waals surface area contributed by atoms with Gasteiger partial charge in [0.1, 0.15) is 43.8 Å². The van der Waals surface area contributed by atoms with E-state index >= 15 is 0 Å². The number of likely N-dealkylation sites (tertiary alicyclic amines) is 2. The summed E-state index contributed by atoms with van der Waals surface area (Å²) >= 11 is 0. The molecule has 3 N–H and O–H groups in total. The second-order valence-corrected chi connectivity index (χ2v) is 9.63. The van der Waals surface area contributed by atoms with E-state index in [1.54, 1.807) is 0 Å². The van der Waals surface area contributed by atoms with Crippen LogP contribution < -0.4 is 19.7 Å². The molecule has 50 heavy (non-hydrogen) atoms. The quantitative estimate of drug-likeness (QED) is 0.184. The van der Waals surface area contributed by atoms with Crippen LogP contribution >= 0.6 is 0 Å². The lowest BCUT2D eigenvalue weighted by Gasteiger charge is -2.33. The Morgan fingerprint density at radius 3 is 2.60 bits per heavy atom. The number of hydrogen-bond acceptors (Lipinski definition) is 10. The van der Waals surface area contributed by atoms with Crippen LogP contribution in [-0.4, -0.2) is 113 Å². The number of benzene rings is 2. The van der Waals surface area contributed by atoms with Crippen molar-refractivity contribution < 1.29 is 75.0 Å². The number of carboxylic acid groups (broad SMARTS) is 1. The van der Waals surface area contributed by atoms with Gasteiger partial charge in [0.05, 0.1) is 28.8 Å². The number of carbonyl (C=O) groups excluding carboxylic acids is 1. The first-order valence-corrected chi connectivity index (χ1v) is 14.2. The summed E-state index contributed by atoms with van der Waals surface area (Å²) in [4.78, 5) is 33.5. The molecule has 4 aromatic rings. The molecule has 5 heterocycles. The third kappa shape index (κ3) is 9.51. The highest BCUT2D eigenvalue weighted by Crippen LogP contribution is 2.28. The average Bonchev–Trinajstić information content (AvgIpc) is 1.06. The smallest absolute Gasteiger partial charge is 0.335 e. The van der Waals surface area contributed by atoms with Gasteiger partial charge in [-0.25, -0.2) is 14.8 Å². The first-order valence-electron chi connectivity index (χ1n) is 33.1. The summed E-state index contributed by atoms with van der Waals surface area (Å²) in [5, 5.41) is 1.57. The van der Waals surface area contributed by atoms with Crippen molar-refractivity contribution in [3.05, 3.63) is 77.5 Å². The third-order valence-electron chi connectivity index (χ3n) is 6.34. The summed E-state index contributed by atoms with van der Waals surface area (Å²) in [5.74, 6) is -7.40. The van der Waals surface area contributed by atoms with Crippen LogP contribution in [0.25, 0.3) is 12.5 Å². The highest BCUT2D eigenvalue weighted by molar-refractivity contribution is 5.95. The predicted molar refractivity (Wildman–Crippen MR) is 194 cm³/mol. The number of nitrogens with one attached hydrogen (secondary N) is 2. The lowest BCUT2D eigenvalue weighted by molar-refractivity contribution is 0.0696. The van der Waals surface area contributed by atoms with Crippen LogP contribution in [0.4, 0.5) is 5.82 Å². The Kier molecular flexibility index (Phi) is 3.95. The van der Waals surface area contributed by atoms with Gasteiger partial charge in [0.2, 0.25) is 0 Å². The van der Waals surface area contributed by atoms with E-state index in [0.717, 1.165) is 25.9 Å². The Morgan fingerprint density at radius 1 is 1.10 bits per heavy atom. The van der Waals surface area contributed by atoms with Gasteiger partial charge in [-0.1, -0.05) is 12.1 Å². The number of H-pyrrole nitrogens is 1. The maximum atomic E-state index is 14.2. The molecule has 7 rings (SSSR count). The molecule has 2 aromatic carbocycles. The van der Waals surface area contributed by atoms with Gasteiger partial charge in [-0.2, -0.15) is 0 Å². The highest BCUT2D eigenvalue weighted by Gasteiger charge is 2.24. The number of ether oxygens (including phenoxy) is 2. The van der Waals surface area contributed by atoms with Crippen LogP contribution in [0.5, 0.6) is 11.5 Å². The van der Waals surface area contributed by atoms with E-state index in [1.165, 1.54) is 0 Å². The maximum Gasteiger partial charge on any atom is 0.335 e. The number of anilines is 1. The van der Waals surface area contributed by atoms with Gasteiger partial charge in [0.15, 0.2) is 2.82 Å². The van der Waals surface area contributed by atoms with Crippen LogP contribution in [0.2, 0.25) is 2.82 Å². The number of aryl methyl sites for hydroxylation is 1. The van der Waals surface area contributed by atoms with Crippen LogP contribution in [-0.2, 0) is 0 Å². The van der Waals surface area contributed by atoms with Crippen molar-refractivity contribution in [1.82, 2.24) is 30.1 Å². The molecule has 3 saturated heterocycles. The minimum atomic E-state index is -4.63. The monoisotopic (exact) mass is 722 g/mol. The molecule has 0 saturated carbocycles. The van der Waals surface area contributed by atoms with Gasteiger partial charge in [0, 0.05) is 72.6 Å². The molecule has 0 aliphatic carbocycles. The maximum absolute atomic E-state index is 14.2. The van der Waals surface area contributed by atoms with Crippen molar-refractivity contribution in [3.8, 4) is 11.5 Å². The van der Waals surface area contributed by atoms with Gasteiger partial charge in [-0.15, -0.1) is 0 Å². The molecular formula is C38H49N7O5. The van der Waals surface area contributed by atoms with Crippen LogP contribution in [0, 0.1) is 6.85 Å². The van der Waals surface area contributed by atoms with E-state index < -0.39 is 217 Å². The summed E-state index contributed by atoms with van der Waals surface area (Å²) in [6.07, 6.45) is -17.3. The summed E-state index contributed by atoms with van der Waals surface area (Å²) in [5.41, 5.74) is -4.57. The largest absolute Gasteiger partial charge is 0.492 e. The van der Waals surface area contributed by atoms with E-state index in [1.807, 2.05) is 4.90 Å². The molecule has 1 atom stereocenters. The Bertz CT molecular complexity index is 3400. The molecule has 266 valence electrons. The first-order chi connectivity index (χ1) is 39.5. The molecule has 1 amide bonds. The molecule has 0 radical (unpaired) electrons. The van der Waals surface area contributed by atoms with Crippen molar-refractivity contribution in [2.24, 2.45) is 0 Å². The third-order valence-corrected chi connectivity index (χ3v) is 6.34. The molecule has 12 heteroatoms. The zero-order chi connectivity index (χ0) is 68.1. The lowest BCUT2D eigenvalue weighted by atomic mass is 10.0. The van der Waals surface area contributed by atoms with Crippen LogP contribution in [0.1, 0.15) is 113 Å². The number of aromatic nitrogens is 3. The van der Waals surface area contributed by atoms with Crippen molar-refractivity contribution >= 4 is 28.7 Å². The number of amides is 1. The molecule has 1 unspecified atom stereocenters. The number of hydrogen-bond donors (Lipinski definition) is 3. The van der Waals surface area contributed by atoms with E-state index in [4.69, 9.17) is 61.7 Å². The van der Waals surface area contributed by atoms with Crippen molar-refractivity contribution in [2.45, 2.75) is 51.2 Å². The SMILES string of the molecule is [2H]OC(=O)c1c([2H])c([2H])c([2H])c(OC([2H])CN2CCCC2)c1[2H].[2H]c1nc(N2C([2H])([2H])C([2H])([2H])C([2H])(N([2H])C(=O)c3c([2H])c([2H])c([2H])c(OC([2H])([2H])C([2H])([2H])N4C([2H])([2H])C([2H])([2H])C([2H])([2H])C4([2H])[2H])c3[2H])C([2H])([2H])C2([2H])[2H])c2c(C([2H])([2H])[2H])c([2H])n([2H])c2n1. The number of nitrogens with zero attached hydrogens (tertiary/aromatic N) is 5. The average molecular weight is 722 g/mol. The number of aromatic amines is 1. The summed E-state index contributed by atoms with van der Waals surface area (Å²) in [7, 11) is 0. The van der Waals surface area contributed by atoms with E-state index in [9.17, 15) is 9.59 Å². The van der Waals surface area contributed by atoms with Crippen molar-refractivity contribution in [2.75, 3.05) is 70.2 Å². The molecule has 2 aromatic heterocycles. The predicted octanol–water partition coefficient (Wildman–Crippen LogP) is 5.00.